The SMILES string of the molecule is CC(C)(C)[C@@H](/C=C/c1ccc(Cl)cc1Cl)n1nnnc1C(C)(C)N1CCN(C(=O)c2ccccc2)CC1. The Morgan fingerprint density at radius 3 is 2.27 bits per heavy atom. The van der Waals surface area contributed by atoms with Gasteiger partial charge in [0.05, 0.1) is 11.6 Å². The fourth-order valence-corrected chi connectivity index (χ4v) is 5.20. The molecule has 196 valence electrons. The topological polar surface area (TPSA) is 67.2 Å². The van der Waals surface area contributed by atoms with Crippen molar-refractivity contribution in [2.75, 3.05) is 26.2 Å². The number of rotatable bonds is 6. The molecule has 1 fully saturated rings. The summed E-state index contributed by atoms with van der Waals surface area (Å²) in [7, 11) is 0. The highest BCUT2D eigenvalue weighted by atomic mass is 35.5. The van der Waals surface area contributed by atoms with E-state index in [0.717, 1.165) is 30.0 Å². The molecule has 0 spiro atoms. The zero-order chi connectivity index (χ0) is 26.8. The second-order valence-electron chi connectivity index (χ2n) is 11.0. The molecule has 7 nitrogen and oxygen atoms in total. The van der Waals surface area contributed by atoms with Crippen molar-refractivity contribution in [3.63, 3.8) is 0 Å². The van der Waals surface area contributed by atoms with E-state index >= 15 is 0 Å². The third-order valence-corrected chi connectivity index (χ3v) is 7.55. The van der Waals surface area contributed by atoms with Gasteiger partial charge in [-0.25, -0.2) is 4.68 Å². The Morgan fingerprint density at radius 1 is 0.973 bits per heavy atom. The van der Waals surface area contributed by atoms with Crippen molar-refractivity contribution >= 4 is 35.2 Å². The summed E-state index contributed by atoms with van der Waals surface area (Å²) < 4.78 is 1.92. The van der Waals surface area contributed by atoms with Crippen molar-refractivity contribution in [2.45, 2.75) is 46.2 Å². The van der Waals surface area contributed by atoms with Gasteiger partial charge < -0.3 is 4.90 Å². The maximum Gasteiger partial charge on any atom is 0.253 e. The van der Waals surface area contributed by atoms with Crippen LogP contribution in [-0.4, -0.2) is 62.1 Å². The van der Waals surface area contributed by atoms with E-state index in [-0.39, 0.29) is 17.4 Å². The van der Waals surface area contributed by atoms with Crippen molar-refractivity contribution in [1.29, 1.82) is 0 Å². The Labute approximate surface area is 229 Å². The predicted molar refractivity (Wildman–Crippen MR) is 149 cm³/mol. The van der Waals surface area contributed by atoms with Gasteiger partial charge >= 0.3 is 0 Å². The van der Waals surface area contributed by atoms with Crippen molar-refractivity contribution in [2.24, 2.45) is 5.41 Å². The third kappa shape index (κ3) is 6.06. The molecule has 1 aliphatic rings. The maximum absolute atomic E-state index is 12.9. The zero-order valence-corrected chi connectivity index (χ0v) is 23.5. The monoisotopic (exact) mass is 540 g/mol. The first-order valence-electron chi connectivity index (χ1n) is 12.5. The van der Waals surface area contributed by atoms with Gasteiger partial charge in [0.1, 0.15) is 0 Å². The molecule has 1 aromatic heterocycles. The Kier molecular flexibility index (Phi) is 8.07. The van der Waals surface area contributed by atoms with Gasteiger partial charge in [0, 0.05) is 41.8 Å². The Balaban J connectivity index is 1.55. The summed E-state index contributed by atoms with van der Waals surface area (Å²) in [5.41, 5.74) is 0.991. The van der Waals surface area contributed by atoms with Gasteiger partial charge in [-0.3, -0.25) is 9.69 Å². The van der Waals surface area contributed by atoms with E-state index in [4.69, 9.17) is 23.2 Å². The molecule has 37 heavy (non-hydrogen) atoms. The van der Waals surface area contributed by atoms with Gasteiger partial charge in [0.15, 0.2) is 5.82 Å². The first-order chi connectivity index (χ1) is 17.5. The van der Waals surface area contributed by atoms with Crippen LogP contribution >= 0.6 is 23.2 Å². The molecule has 3 aromatic rings. The number of nitrogens with zero attached hydrogens (tertiary/aromatic N) is 6. The van der Waals surface area contributed by atoms with Crippen LogP contribution in [0.15, 0.2) is 54.6 Å². The van der Waals surface area contributed by atoms with Crippen LogP contribution in [0.1, 0.15) is 62.4 Å². The lowest BCUT2D eigenvalue weighted by atomic mass is 9.85. The molecule has 1 amide bonds. The molecule has 1 atom stereocenters. The number of aromatic nitrogens is 4. The summed E-state index contributed by atoms with van der Waals surface area (Å²) in [4.78, 5) is 17.2. The highest BCUT2D eigenvalue weighted by Gasteiger charge is 2.39. The highest BCUT2D eigenvalue weighted by Crippen LogP contribution is 2.36. The molecule has 0 N–H and O–H groups in total. The van der Waals surface area contributed by atoms with Crippen LogP contribution in [0.3, 0.4) is 0 Å². The fourth-order valence-electron chi connectivity index (χ4n) is 4.73. The number of carbonyl (C=O) groups is 1. The van der Waals surface area contributed by atoms with E-state index in [1.165, 1.54) is 0 Å². The summed E-state index contributed by atoms with van der Waals surface area (Å²) in [5, 5.41) is 14.2. The van der Waals surface area contributed by atoms with Gasteiger partial charge in [-0.05, 0) is 59.5 Å². The molecule has 1 aliphatic heterocycles. The minimum absolute atomic E-state index is 0.0710. The van der Waals surface area contributed by atoms with Gasteiger partial charge in [-0.2, -0.15) is 0 Å². The first-order valence-corrected chi connectivity index (χ1v) is 13.2. The van der Waals surface area contributed by atoms with Crippen LogP contribution in [0, 0.1) is 5.41 Å². The number of hydrogen-bond donors (Lipinski definition) is 0. The highest BCUT2D eigenvalue weighted by molar-refractivity contribution is 6.35. The van der Waals surface area contributed by atoms with Crippen molar-refractivity contribution < 1.29 is 4.79 Å². The smallest absolute Gasteiger partial charge is 0.253 e. The lowest BCUT2D eigenvalue weighted by Gasteiger charge is -2.43. The summed E-state index contributed by atoms with van der Waals surface area (Å²) in [6, 6.07) is 14.8. The average Bonchev–Trinajstić information content (AvgIpc) is 3.35. The molecule has 9 heteroatoms. The van der Waals surface area contributed by atoms with Gasteiger partial charge in [-0.1, -0.05) is 80.4 Å². The molecule has 1 saturated heterocycles. The molecule has 0 unspecified atom stereocenters. The number of hydrogen-bond acceptors (Lipinski definition) is 5. The Morgan fingerprint density at radius 2 is 1.65 bits per heavy atom. The second kappa shape index (κ2) is 10.9. The molecule has 4 rings (SSSR count). The van der Waals surface area contributed by atoms with E-state index in [9.17, 15) is 4.79 Å². The molecule has 2 heterocycles. The quantitative estimate of drug-likeness (QED) is 0.385. The van der Waals surface area contributed by atoms with Gasteiger partial charge in [-0.15, -0.1) is 5.10 Å². The molecule has 2 aromatic carbocycles. The zero-order valence-electron chi connectivity index (χ0n) is 22.0. The van der Waals surface area contributed by atoms with Gasteiger partial charge in [0.25, 0.3) is 5.91 Å². The molecule has 0 aliphatic carbocycles. The minimum atomic E-state index is -0.444. The Bertz CT molecular complexity index is 1260. The largest absolute Gasteiger partial charge is 0.336 e. The van der Waals surface area contributed by atoms with Crippen molar-refractivity contribution in [3.05, 3.63) is 81.6 Å². The fraction of sp³-hybridized carbons (Fsp3) is 0.429. The molecule has 0 bridgehead atoms. The molecule has 0 radical (unpaired) electrons. The van der Waals surface area contributed by atoms with Crippen LogP contribution in [0.5, 0.6) is 0 Å². The number of piperazine rings is 1. The molecule has 0 saturated carbocycles. The lowest BCUT2D eigenvalue weighted by Crippen LogP contribution is -2.55. The van der Waals surface area contributed by atoms with Crippen LogP contribution in [0.25, 0.3) is 6.08 Å². The number of benzene rings is 2. The minimum Gasteiger partial charge on any atom is -0.336 e. The second-order valence-corrected chi connectivity index (χ2v) is 11.8. The summed E-state index contributed by atoms with van der Waals surface area (Å²) in [5.74, 6) is 0.851. The van der Waals surface area contributed by atoms with Gasteiger partial charge in [0.2, 0.25) is 0 Å². The average molecular weight is 542 g/mol. The van der Waals surface area contributed by atoms with E-state index in [2.05, 4.69) is 61.1 Å². The predicted octanol–water partition coefficient (Wildman–Crippen LogP) is 5.97. The summed E-state index contributed by atoms with van der Waals surface area (Å²) in [6.45, 7) is 13.5. The number of allylic oxidation sites excluding steroid dienone is 1. The van der Waals surface area contributed by atoms with Crippen molar-refractivity contribution in [1.82, 2.24) is 30.0 Å². The summed E-state index contributed by atoms with van der Waals surface area (Å²) in [6.07, 6.45) is 4.10. The molecular weight excluding hydrogens is 507 g/mol. The third-order valence-electron chi connectivity index (χ3n) is 6.99. The summed E-state index contributed by atoms with van der Waals surface area (Å²) >= 11 is 12.5. The van der Waals surface area contributed by atoms with Crippen LogP contribution in [0.2, 0.25) is 10.0 Å². The van der Waals surface area contributed by atoms with Crippen LogP contribution < -0.4 is 0 Å². The number of amides is 1. The number of halogens is 2. The van der Waals surface area contributed by atoms with Crippen molar-refractivity contribution in [3.8, 4) is 0 Å². The first kappa shape index (κ1) is 27.3. The van der Waals surface area contributed by atoms with E-state index in [1.807, 2.05) is 58.1 Å². The normalized spacial score (nSPS) is 16.4. The number of carbonyl (C=O) groups excluding carboxylic acids is 1. The lowest BCUT2D eigenvalue weighted by molar-refractivity contribution is 0.0334. The standard InChI is InChI=1S/C28H34Cl2N6O/c1-27(2,3)24(14-12-20-11-13-22(29)19-23(20)30)36-26(31-32-33-36)28(4,5)35-17-15-34(16-18-35)25(37)21-9-7-6-8-10-21/h6-14,19,24H,15-18H2,1-5H3/b14-12+/t24-/m1/s1. The van der Waals surface area contributed by atoms with E-state index < -0.39 is 5.54 Å². The molecular formula is C28H34Cl2N6O. The number of tetrazole rings is 1. The van der Waals surface area contributed by atoms with Crippen LogP contribution in [-0.2, 0) is 5.54 Å². The van der Waals surface area contributed by atoms with E-state index in [0.29, 0.717) is 23.1 Å². The maximum atomic E-state index is 12.9. The van der Waals surface area contributed by atoms with E-state index in [1.54, 1.807) is 6.07 Å². The van der Waals surface area contributed by atoms with Crippen LogP contribution in [0.4, 0.5) is 0 Å². The Hall–Kier alpha value is -2.74.